The van der Waals surface area contributed by atoms with Gasteiger partial charge in [-0.1, -0.05) is 48.5 Å². The molecular weight excluding hydrogens is 302 g/mol. The van der Waals surface area contributed by atoms with Crippen LogP contribution in [-0.4, -0.2) is 37.2 Å². The van der Waals surface area contributed by atoms with Gasteiger partial charge in [0.1, 0.15) is 0 Å². The Bertz CT molecular complexity index is 611. The summed E-state index contributed by atoms with van der Waals surface area (Å²) >= 11 is 5.40. The smallest absolute Gasteiger partial charge is 0.170 e. The lowest BCUT2D eigenvalue weighted by molar-refractivity contribution is 0.400. The quantitative estimate of drug-likeness (QED) is 0.601. The minimum atomic E-state index is 0.685. The fourth-order valence-electron chi connectivity index (χ4n) is 2.38. The highest BCUT2D eigenvalue weighted by Gasteiger charge is 2.04. The summed E-state index contributed by atoms with van der Waals surface area (Å²) in [5.74, 6) is 0. The van der Waals surface area contributed by atoms with Gasteiger partial charge < -0.3 is 15.5 Å². The molecule has 4 heteroatoms. The fourth-order valence-corrected chi connectivity index (χ4v) is 2.59. The summed E-state index contributed by atoms with van der Waals surface area (Å²) in [4.78, 5) is 2.17. The zero-order chi connectivity index (χ0) is 16.5. The second-order valence-corrected chi connectivity index (χ2v) is 6.27. The molecular formula is C19H25N3S. The number of hydrogen-bond acceptors (Lipinski definition) is 2. The highest BCUT2D eigenvalue weighted by atomic mass is 32.1. The largest absolute Gasteiger partial charge is 0.362 e. The SMILES string of the molecule is CN(C)CCCNC(=S)Nc1ccccc1Cc1ccccc1. The van der Waals surface area contributed by atoms with Crippen molar-refractivity contribution < 1.29 is 0 Å². The number of rotatable bonds is 7. The molecule has 0 radical (unpaired) electrons. The standard InChI is InChI=1S/C19H25N3S/c1-22(2)14-8-13-20-19(23)21-18-12-7-6-11-17(18)15-16-9-4-3-5-10-16/h3-7,9-12H,8,13-15H2,1-2H3,(H2,20,21,23). The van der Waals surface area contributed by atoms with Gasteiger partial charge in [0.05, 0.1) is 0 Å². The molecule has 0 bridgehead atoms. The van der Waals surface area contributed by atoms with E-state index in [1.54, 1.807) is 0 Å². The molecule has 0 spiro atoms. The van der Waals surface area contributed by atoms with Crippen LogP contribution < -0.4 is 10.6 Å². The van der Waals surface area contributed by atoms with E-state index in [0.29, 0.717) is 5.11 Å². The molecule has 0 aromatic heterocycles. The Kier molecular flexibility index (Phi) is 7.04. The molecule has 0 aliphatic heterocycles. The Morgan fingerprint density at radius 2 is 1.70 bits per heavy atom. The van der Waals surface area contributed by atoms with E-state index in [2.05, 4.69) is 72.1 Å². The first-order valence-electron chi connectivity index (χ1n) is 7.96. The third kappa shape index (κ3) is 6.38. The zero-order valence-corrected chi connectivity index (χ0v) is 14.7. The van der Waals surface area contributed by atoms with E-state index in [4.69, 9.17) is 12.2 Å². The summed E-state index contributed by atoms with van der Waals surface area (Å²) in [6.07, 6.45) is 1.97. The van der Waals surface area contributed by atoms with Crippen LogP contribution in [0.4, 0.5) is 5.69 Å². The predicted octanol–water partition coefficient (Wildman–Crippen LogP) is 3.52. The Balaban J connectivity index is 1.91. The Morgan fingerprint density at radius 1 is 1.00 bits per heavy atom. The van der Waals surface area contributed by atoms with Crippen molar-refractivity contribution in [2.45, 2.75) is 12.8 Å². The van der Waals surface area contributed by atoms with E-state index < -0.39 is 0 Å². The molecule has 0 heterocycles. The van der Waals surface area contributed by atoms with Gasteiger partial charge in [-0.3, -0.25) is 0 Å². The van der Waals surface area contributed by atoms with Crippen LogP contribution in [0.15, 0.2) is 54.6 Å². The van der Waals surface area contributed by atoms with Crippen molar-refractivity contribution in [3.05, 3.63) is 65.7 Å². The molecule has 0 aliphatic rings. The van der Waals surface area contributed by atoms with Crippen LogP contribution in [0.3, 0.4) is 0 Å². The van der Waals surface area contributed by atoms with Crippen LogP contribution in [0, 0.1) is 0 Å². The van der Waals surface area contributed by atoms with Gasteiger partial charge in [0.2, 0.25) is 0 Å². The maximum absolute atomic E-state index is 5.40. The minimum Gasteiger partial charge on any atom is -0.362 e. The summed E-state index contributed by atoms with van der Waals surface area (Å²) < 4.78 is 0. The molecule has 0 unspecified atom stereocenters. The Hall–Kier alpha value is -1.91. The molecule has 122 valence electrons. The number of anilines is 1. The molecule has 0 amide bonds. The predicted molar refractivity (Wildman–Crippen MR) is 103 cm³/mol. The summed E-state index contributed by atoms with van der Waals surface area (Å²) in [6, 6.07) is 18.8. The maximum Gasteiger partial charge on any atom is 0.170 e. The van der Waals surface area contributed by atoms with Crippen LogP contribution in [0.25, 0.3) is 0 Å². The minimum absolute atomic E-state index is 0.685. The molecule has 23 heavy (non-hydrogen) atoms. The fraction of sp³-hybridized carbons (Fsp3) is 0.316. The molecule has 2 N–H and O–H groups in total. The maximum atomic E-state index is 5.40. The number of nitrogens with zero attached hydrogens (tertiary/aromatic N) is 1. The second-order valence-electron chi connectivity index (χ2n) is 5.86. The number of para-hydroxylation sites is 1. The third-order valence-electron chi connectivity index (χ3n) is 3.57. The van der Waals surface area contributed by atoms with Gasteiger partial charge in [0.25, 0.3) is 0 Å². The Morgan fingerprint density at radius 3 is 2.43 bits per heavy atom. The van der Waals surface area contributed by atoms with Crippen LogP contribution in [-0.2, 0) is 6.42 Å². The number of benzene rings is 2. The van der Waals surface area contributed by atoms with E-state index in [9.17, 15) is 0 Å². The number of thiocarbonyl (C=S) groups is 1. The third-order valence-corrected chi connectivity index (χ3v) is 3.82. The average Bonchev–Trinajstić information content (AvgIpc) is 2.54. The van der Waals surface area contributed by atoms with Gasteiger partial charge in [0.15, 0.2) is 5.11 Å². The second kappa shape index (κ2) is 9.28. The van der Waals surface area contributed by atoms with Gasteiger partial charge in [-0.2, -0.15) is 0 Å². The van der Waals surface area contributed by atoms with Crippen LogP contribution in [0.2, 0.25) is 0 Å². The van der Waals surface area contributed by atoms with Crippen molar-refractivity contribution in [3.63, 3.8) is 0 Å². The first-order valence-corrected chi connectivity index (χ1v) is 8.37. The summed E-state index contributed by atoms with van der Waals surface area (Å²) in [5.41, 5.74) is 3.62. The first-order chi connectivity index (χ1) is 11.1. The lowest BCUT2D eigenvalue weighted by atomic mass is 10.0. The molecule has 2 rings (SSSR count). The summed E-state index contributed by atoms with van der Waals surface area (Å²) in [7, 11) is 4.16. The molecule has 0 atom stereocenters. The highest BCUT2D eigenvalue weighted by molar-refractivity contribution is 7.80. The Labute approximate surface area is 144 Å². The van der Waals surface area contributed by atoms with E-state index in [1.165, 1.54) is 11.1 Å². The first kappa shape index (κ1) is 17.4. The molecule has 2 aromatic rings. The van der Waals surface area contributed by atoms with E-state index >= 15 is 0 Å². The summed E-state index contributed by atoms with van der Waals surface area (Å²) in [6.45, 7) is 1.94. The van der Waals surface area contributed by atoms with Gasteiger partial charge in [0, 0.05) is 12.2 Å². The van der Waals surface area contributed by atoms with Gasteiger partial charge in [-0.05, 0) is 62.9 Å². The summed E-state index contributed by atoms with van der Waals surface area (Å²) in [5, 5.41) is 7.28. The molecule has 0 saturated carbocycles. The van der Waals surface area contributed by atoms with E-state index in [1.807, 2.05) is 12.1 Å². The normalized spacial score (nSPS) is 10.6. The van der Waals surface area contributed by atoms with Crippen molar-refractivity contribution in [2.75, 3.05) is 32.5 Å². The molecule has 0 saturated heterocycles. The number of nitrogens with one attached hydrogen (secondary N) is 2. The van der Waals surface area contributed by atoms with Crippen LogP contribution in [0.1, 0.15) is 17.5 Å². The average molecular weight is 327 g/mol. The van der Waals surface area contributed by atoms with E-state index in [0.717, 1.165) is 31.6 Å². The van der Waals surface area contributed by atoms with Crippen molar-refractivity contribution in [2.24, 2.45) is 0 Å². The molecule has 2 aromatic carbocycles. The molecule has 0 fully saturated rings. The van der Waals surface area contributed by atoms with Crippen LogP contribution >= 0.6 is 12.2 Å². The molecule has 0 aliphatic carbocycles. The topological polar surface area (TPSA) is 27.3 Å². The van der Waals surface area contributed by atoms with Crippen molar-refractivity contribution in [3.8, 4) is 0 Å². The lowest BCUT2D eigenvalue weighted by Gasteiger charge is -2.15. The zero-order valence-electron chi connectivity index (χ0n) is 13.9. The van der Waals surface area contributed by atoms with Gasteiger partial charge in [-0.25, -0.2) is 0 Å². The van der Waals surface area contributed by atoms with Gasteiger partial charge >= 0.3 is 0 Å². The van der Waals surface area contributed by atoms with Gasteiger partial charge in [-0.15, -0.1) is 0 Å². The lowest BCUT2D eigenvalue weighted by Crippen LogP contribution is -2.31. The van der Waals surface area contributed by atoms with Crippen molar-refractivity contribution >= 4 is 23.0 Å². The van der Waals surface area contributed by atoms with Crippen LogP contribution in [0.5, 0.6) is 0 Å². The van der Waals surface area contributed by atoms with E-state index in [-0.39, 0.29) is 0 Å². The number of hydrogen-bond donors (Lipinski definition) is 2. The van der Waals surface area contributed by atoms with Crippen molar-refractivity contribution in [1.82, 2.24) is 10.2 Å². The van der Waals surface area contributed by atoms with Crippen molar-refractivity contribution in [1.29, 1.82) is 0 Å². The monoisotopic (exact) mass is 327 g/mol. The molecule has 3 nitrogen and oxygen atoms in total. The highest BCUT2D eigenvalue weighted by Crippen LogP contribution is 2.19.